The summed E-state index contributed by atoms with van der Waals surface area (Å²) in [5.41, 5.74) is 4.46. The zero-order chi connectivity index (χ0) is 24.4. The molecule has 0 amide bonds. The van der Waals surface area contributed by atoms with Crippen molar-refractivity contribution in [1.82, 2.24) is 15.5 Å². The Morgan fingerprint density at radius 1 is 0.914 bits per heavy atom. The molecule has 5 rings (SSSR count). The quantitative estimate of drug-likeness (QED) is 0.354. The van der Waals surface area contributed by atoms with Crippen molar-refractivity contribution in [3.05, 3.63) is 96.0 Å². The van der Waals surface area contributed by atoms with E-state index < -0.39 is 0 Å². The summed E-state index contributed by atoms with van der Waals surface area (Å²) in [6.07, 6.45) is 0. The number of allylic oxidation sites excluding steroid dienone is 1. The minimum Gasteiger partial charge on any atom is -0.497 e. The predicted molar refractivity (Wildman–Crippen MR) is 139 cm³/mol. The van der Waals surface area contributed by atoms with Crippen LogP contribution in [-0.4, -0.2) is 29.5 Å². The SMILES string of the molecule is COc1ccc(N2C(=S)NC(c3cccc(OC)c3)C(c3nc(-c4ccccc4)no3)=C2C)cc1. The molecule has 35 heavy (non-hydrogen) atoms. The second-order valence-corrected chi connectivity index (χ2v) is 8.37. The van der Waals surface area contributed by atoms with Crippen LogP contribution in [0.2, 0.25) is 0 Å². The first-order valence-electron chi connectivity index (χ1n) is 11.1. The molecule has 0 fully saturated rings. The zero-order valence-electron chi connectivity index (χ0n) is 19.6. The topological polar surface area (TPSA) is 72.7 Å². The largest absolute Gasteiger partial charge is 0.497 e. The Morgan fingerprint density at radius 3 is 2.37 bits per heavy atom. The molecule has 1 aliphatic heterocycles. The van der Waals surface area contributed by atoms with Crippen LogP contribution >= 0.6 is 12.2 Å². The van der Waals surface area contributed by atoms with E-state index in [1.807, 2.05) is 90.7 Å². The number of rotatable bonds is 6. The number of nitrogens with zero attached hydrogens (tertiary/aromatic N) is 3. The molecular weight excluding hydrogens is 460 g/mol. The lowest BCUT2D eigenvalue weighted by Gasteiger charge is -2.37. The van der Waals surface area contributed by atoms with Crippen molar-refractivity contribution >= 4 is 28.6 Å². The van der Waals surface area contributed by atoms with E-state index in [4.69, 9.17) is 31.2 Å². The molecule has 1 unspecified atom stereocenters. The summed E-state index contributed by atoms with van der Waals surface area (Å²) in [5.74, 6) is 2.46. The Kier molecular flexibility index (Phi) is 6.20. The van der Waals surface area contributed by atoms with Gasteiger partial charge in [-0.25, -0.2) is 0 Å². The van der Waals surface area contributed by atoms with Crippen molar-refractivity contribution in [1.29, 1.82) is 0 Å². The molecule has 0 bridgehead atoms. The third-order valence-electron chi connectivity index (χ3n) is 5.93. The Hall–Kier alpha value is -4.17. The summed E-state index contributed by atoms with van der Waals surface area (Å²) < 4.78 is 16.6. The number of benzene rings is 3. The molecule has 0 aliphatic carbocycles. The highest BCUT2D eigenvalue weighted by Gasteiger charge is 2.35. The molecule has 0 saturated carbocycles. The fourth-order valence-electron chi connectivity index (χ4n) is 4.17. The van der Waals surface area contributed by atoms with Crippen LogP contribution in [0.4, 0.5) is 5.69 Å². The minimum atomic E-state index is -0.309. The highest BCUT2D eigenvalue weighted by atomic mass is 32.1. The maximum absolute atomic E-state index is 5.82. The highest BCUT2D eigenvalue weighted by molar-refractivity contribution is 7.80. The molecule has 1 aromatic heterocycles. The maximum atomic E-state index is 5.82. The van der Waals surface area contributed by atoms with Crippen molar-refractivity contribution < 1.29 is 14.0 Å². The van der Waals surface area contributed by atoms with Crippen molar-refractivity contribution in [3.63, 3.8) is 0 Å². The molecular formula is C27H24N4O3S. The van der Waals surface area contributed by atoms with Crippen LogP contribution in [0.15, 0.2) is 89.1 Å². The van der Waals surface area contributed by atoms with E-state index in [9.17, 15) is 0 Å². The van der Waals surface area contributed by atoms with Crippen LogP contribution in [0.25, 0.3) is 17.0 Å². The number of thiocarbonyl (C=S) groups is 1. The molecule has 1 aliphatic rings. The lowest BCUT2D eigenvalue weighted by atomic mass is 9.94. The summed E-state index contributed by atoms with van der Waals surface area (Å²) in [6.45, 7) is 2.01. The van der Waals surface area contributed by atoms with E-state index in [1.165, 1.54) is 0 Å². The van der Waals surface area contributed by atoms with Gasteiger partial charge in [-0.05, 0) is 61.1 Å². The van der Waals surface area contributed by atoms with Gasteiger partial charge in [-0.3, -0.25) is 4.90 Å². The molecule has 3 aromatic carbocycles. The predicted octanol–water partition coefficient (Wildman–Crippen LogP) is 5.62. The van der Waals surface area contributed by atoms with Crippen molar-refractivity contribution in [2.45, 2.75) is 13.0 Å². The van der Waals surface area contributed by atoms with Gasteiger partial charge in [0.25, 0.3) is 5.89 Å². The number of ether oxygens (including phenoxy) is 2. The van der Waals surface area contributed by atoms with Gasteiger partial charge >= 0.3 is 0 Å². The molecule has 1 N–H and O–H groups in total. The number of nitrogens with one attached hydrogen (secondary N) is 1. The van der Waals surface area contributed by atoms with Gasteiger partial charge < -0.3 is 19.3 Å². The Morgan fingerprint density at radius 2 is 1.66 bits per heavy atom. The normalized spacial score (nSPS) is 15.7. The van der Waals surface area contributed by atoms with E-state index >= 15 is 0 Å². The lowest BCUT2D eigenvalue weighted by molar-refractivity contribution is 0.403. The number of methoxy groups -OCH3 is 2. The van der Waals surface area contributed by atoms with Crippen molar-refractivity contribution in [2.24, 2.45) is 0 Å². The van der Waals surface area contributed by atoms with E-state index in [0.717, 1.165) is 39.6 Å². The van der Waals surface area contributed by atoms with Crippen molar-refractivity contribution in [3.8, 4) is 22.9 Å². The number of hydrogen-bond donors (Lipinski definition) is 1. The second kappa shape index (κ2) is 9.60. The molecule has 176 valence electrons. The number of aromatic nitrogens is 2. The average molecular weight is 485 g/mol. The van der Waals surface area contributed by atoms with Crippen LogP contribution < -0.4 is 19.7 Å². The molecule has 2 heterocycles. The first-order valence-corrected chi connectivity index (χ1v) is 11.5. The first-order chi connectivity index (χ1) is 17.1. The van der Waals surface area contributed by atoms with Gasteiger partial charge in [-0.15, -0.1) is 0 Å². The lowest BCUT2D eigenvalue weighted by Crippen LogP contribution is -2.46. The summed E-state index contributed by atoms with van der Waals surface area (Å²) in [4.78, 5) is 6.72. The Labute approximate surface area is 209 Å². The third-order valence-corrected chi connectivity index (χ3v) is 6.23. The summed E-state index contributed by atoms with van der Waals surface area (Å²) in [7, 11) is 3.29. The van der Waals surface area contributed by atoms with E-state index in [0.29, 0.717) is 16.8 Å². The average Bonchev–Trinajstić information content (AvgIpc) is 3.39. The first kappa shape index (κ1) is 22.6. The molecule has 1 atom stereocenters. The molecule has 0 radical (unpaired) electrons. The van der Waals surface area contributed by atoms with Gasteiger partial charge in [-0.2, -0.15) is 4.98 Å². The fraction of sp³-hybridized carbons (Fsp3) is 0.148. The van der Waals surface area contributed by atoms with Crippen LogP contribution in [0.3, 0.4) is 0 Å². The van der Waals surface area contributed by atoms with Crippen LogP contribution in [0.1, 0.15) is 24.4 Å². The summed E-state index contributed by atoms with van der Waals surface area (Å²) in [5, 5.41) is 8.29. The number of hydrogen-bond acceptors (Lipinski definition) is 6. The van der Waals surface area contributed by atoms with E-state index in [2.05, 4.69) is 10.5 Å². The fourth-order valence-corrected chi connectivity index (χ4v) is 4.53. The minimum absolute atomic E-state index is 0.309. The van der Waals surface area contributed by atoms with Gasteiger partial charge in [0.05, 0.1) is 25.8 Å². The van der Waals surface area contributed by atoms with E-state index in [-0.39, 0.29) is 6.04 Å². The second-order valence-electron chi connectivity index (χ2n) is 7.98. The zero-order valence-corrected chi connectivity index (χ0v) is 20.4. The van der Waals surface area contributed by atoms with Crippen LogP contribution in [0.5, 0.6) is 11.5 Å². The molecule has 7 nitrogen and oxygen atoms in total. The van der Waals surface area contributed by atoms with E-state index in [1.54, 1.807) is 14.2 Å². The Balaban J connectivity index is 1.65. The smallest absolute Gasteiger partial charge is 0.258 e. The summed E-state index contributed by atoms with van der Waals surface area (Å²) >= 11 is 5.82. The van der Waals surface area contributed by atoms with Crippen LogP contribution in [-0.2, 0) is 0 Å². The molecule has 0 saturated heterocycles. The molecule has 0 spiro atoms. The van der Waals surface area contributed by atoms with Crippen LogP contribution in [0, 0.1) is 0 Å². The van der Waals surface area contributed by atoms with Gasteiger partial charge in [0.1, 0.15) is 11.5 Å². The number of anilines is 1. The van der Waals surface area contributed by atoms with Gasteiger partial charge in [0.2, 0.25) is 5.82 Å². The highest BCUT2D eigenvalue weighted by Crippen LogP contribution is 2.40. The molecule has 4 aromatic rings. The van der Waals surface area contributed by atoms with Gasteiger partial charge in [0, 0.05) is 16.9 Å². The Bertz CT molecular complexity index is 1380. The van der Waals surface area contributed by atoms with Crippen molar-refractivity contribution in [2.75, 3.05) is 19.1 Å². The van der Waals surface area contributed by atoms with Gasteiger partial charge in [0.15, 0.2) is 5.11 Å². The standard InChI is InChI=1S/C27H24N4O3S/c1-17-23(26-29-25(30-34-26)18-8-5-4-6-9-18)24(19-10-7-11-22(16-19)33-3)28-27(35)31(17)20-12-14-21(32-2)15-13-20/h4-16,24H,1-3H3,(H,28,35). The third kappa shape index (κ3) is 4.36. The molecule has 8 heteroatoms. The van der Waals surface area contributed by atoms with Gasteiger partial charge in [-0.1, -0.05) is 47.6 Å². The summed E-state index contributed by atoms with van der Waals surface area (Å²) in [6, 6.07) is 25.0. The monoisotopic (exact) mass is 484 g/mol. The maximum Gasteiger partial charge on any atom is 0.258 e.